The standard InChI is InChI=1S/C12H20O3/c1-8(11(14)9-5-6-9)7-10(13)15-12(2,3)4/h8-9H,5-7H2,1-4H3/t8-/m1/s1. The van der Waals surface area contributed by atoms with Gasteiger partial charge in [0.25, 0.3) is 0 Å². The predicted molar refractivity (Wildman–Crippen MR) is 57.4 cm³/mol. The molecule has 1 aliphatic carbocycles. The van der Waals surface area contributed by atoms with Crippen molar-refractivity contribution in [3.8, 4) is 0 Å². The van der Waals surface area contributed by atoms with Gasteiger partial charge in [0.1, 0.15) is 11.4 Å². The number of hydrogen-bond acceptors (Lipinski definition) is 3. The van der Waals surface area contributed by atoms with E-state index in [1.165, 1.54) is 0 Å². The molecule has 0 unspecified atom stereocenters. The Hall–Kier alpha value is -0.860. The first-order valence-corrected chi connectivity index (χ1v) is 5.55. The Labute approximate surface area is 91.2 Å². The minimum absolute atomic E-state index is 0.188. The second kappa shape index (κ2) is 4.33. The third-order valence-electron chi connectivity index (χ3n) is 2.36. The minimum Gasteiger partial charge on any atom is -0.460 e. The molecule has 0 aliphatic heterocycles. The molecule has 1 aliphatic rings. The van der Waals surface area contributed by atoms with Gasteiger partial charge < -0.3 is 4.74 Å². The zero-order valence-corrected chi connectivity index (χ0v) is 10.0. The van der Waals surface area contributed by atoms with E-state index in [1.54, 1.807) is 0 Å². The number of ketones is 1. The lowest BCUT2D eigenvalue weighted by atomic mass is 9.99. The van der Waals surface area contributed by atoms with Crippen molar-refractivity contribution in [3.63, 3.8) is 0 Å². The Balaban J connectivity index is 2.33. The first-order chi connectivity index (χ1) is 6.79. The maximum Gasteiger partial charge on any atom is 0.307 e. The number of rotatable bonds is 4. The van der Waals surface area contributed by atoms with Crippen LogP contribution in [-0.2, 0) is 14.3 Å². The summed E-state index contributed by atoms with van der Waals surface area (Å²) in [6.45, 7) is 7.30. The molecule has 0 spiro atoms. The first-order valence-electron chi connectivity index (χ1n) is 5.55. The van der Waals surface area contributed by atoms with Crippen LogP contribution in [0.5, 0.6) is 0 Å². The SMILES string of the molecule is C[C@H](CC(=O)OC(C)(C)C)C(=O)C1CC1. The summed E-state index contributed by atoms with van der Waals surface area (Å²) in [5.41, 5.74) is -0.459. The van der Waals surface area contributed by atoms with Crippen molar-refractivity contribution in [1.82, 2.24) is 0 Å². The lowest BCUT2D eigenvalue weighted by Gasteiger charge is -2.20. The van der Waals surface area contributed by atoms with E-state index >= 15 is 0 Å². The van der Waals surface area contributed by atoms with Crippen LogP contribution in [0.25, 0.3) is 0 Å². The van der Waals surface area contributed by atoms with Gasteiger partial charge in [0.2, 0.25) is 0 Å². The molecule has 1 atom stereocenters. The van der Waals surface area contributed by atoms with Crippen LogP contribution in [0.2, 0.25) is 0 Å². The molecule has 3 nitrogen and oxygen atoms in total. The van der Waals surface area contributed by atoms with Crippen LogP contribution in [0.3, 0.4) is 0 Å². The summed E-state index contributed by atoms with van der Waals surface area (Å²) in [5.74, 6) is -0.0142. The van der Waals surface area contributed by atoms with Gasteiger partial charge >= 0.3 is 5.97 Å². The number of esters is 1. The summed E-state index contributed by atoms with van der Waals surface area (Å²) in [6.07, 6.45) is 2.21. The Morgan fingerprint density at radius 1 is 1.33 bits per heavy atom. The summed E-state index contributed by atoms with van der Waals surface area (Å²) in [4.78, 5) is 23.0. The molecule has 0 bridgehead atoms. The quantitative estimate of drug-likeness (QED) is 0.672. The summed E-state index contributed by atoms with van der Waals surface area (Å²) in [6, 6.07) is 0. The highest BCUT2D eigenvalue weighted by Crippen LogP contribution is 2.33. The molecule has 3 heteroatoms. The molecule has 15 heavy (non-hydrogen) atoms. The molecule has 0 heterocycles. The highest BCUT2D eigenvalue weighted by molar-refractivity contribution is 5.88. The van der Waals surface area contributed by atoms with E-state index in [0.29, 0.717) is 0 Å². The molecule has 0 aromatic rings. The number of ether oxygens (including phenoxy) is 1. The molecular weight excluding hydrogens is 192 g/mol. The number of carbonyl (C=O) groups excluding carboxylic acids is 2. The summed E-state index contributed by atoms with van der Waals surface area (Å²) in [7, 11) is 0. The number of carbonyl (C=O) groups is 2. The molecule has 0 aromatic carbocycles. The Morgan fingerprint density at radius 2 is 1.87 bits per heavy atom. The van der Waals surface area contributed by atoms with Crippen molar-refractivity contribution < 1.29 is 14.3 Å². The third-order valence-corrected chi connectivity index (χ3v) is 2.36. The van der Waals surface area contributed by atoms with Gasteiger partial charge in [0.15, 0.2) is 0 Å². The van der Waals surface area contributed by atoms with E-state index in [1.807, 2.05) is 27.7 Å². The van der Waals surface area contributed by atoms with Gasteiger partial charge in [-0.15, -0.1) is 0 Å². The van der Waals surface area contributed by atoms with Crippen LogP contribution in [0, 0.1) is 11.8 Å². The van der Waals surface area contributed by atoms with Crippen molar-refractivity contribution in [3.05, 3.63) is 0 Å². The van der Waals surface area contributed by atoms with Gasteiger partial charge in [-0.1, -0.05) is 6.92 Å². The molecule has 1 rings (SSSR count). The van der Waals surface area contributed by atoms with Crippen molar-refractivity contribution in [1.29, 1.82) is 0 Å². The smallest absolute Gasteiger partial charge is 0.307 e. The van der Waals surface area contributed by atoms with Crippen LogP contribution in [-0.4, -0.2) is 17.4 Å². The van der Waals surface area contributed by atoms with Crippen LogP contribution >= 0.6 is 0 Å². The fraction of sp³-hybridized carbons (Fsp3) is 0.833. The van der Waals surface area contributed by atoms with Gasteiger partial charge in [-0.3, -0.25) is 9.59 Å². The van der Waals surface area contributed by atoms with Gasteiger partial charge in [-0.2, -0.15) is 0 Å². The minimum atomic E-state index is -0.459. The molecule has 1 fully saturated rings. The molecule has 0 amide bonds. The van der Waals surface area contributed by atoms with Gasteiger partial charge in [-0.25, -0.2) is 0 Å². The molecule has 0 radical (unpaired) electrons. The van der Waals surface area contributed by atoms with Crippen LogP contribution in [0.4, 0.5) is 0 Å². The number of hydrogen-bond donors (Lipinski definition) is 0. The Kier molecular flexibility index (Phi) is 3.53. The maximum absolute atomic E-state index is 11.6. The zero-order valence-electron chi connectivity index (χ0n) is 10.0. The molecule has 0 N–H and O–H groups in total. The van der Waals surface area contributed by atoms with Crippen molar-refractivity contribution in [2.24, 2.45) is 11.8 Å². The van der Waals surface area contributed by atoms with E-state index in [4.69, 9.17) is 4.74 Å². The highest BCUT2D eigenvalue weighted by Gasteiger charge is 2.34. The molecule has 86 valence electrons. The predicted octanol–water partition coefficient (Wildman–Crippen LogP) is 2.33. The topological polar surface area (TPSA) is 43.4 Å². The first kappa shape index (κ1) is 12.2. The normalized spacial score (nSPS) is 18.4. The summed E-state index contributed by atoms with van der Waals surface area (Å²) >= 11 is 0. The second-order valence-electron chi connectivity index (χ2n) is 5.37. The largest absolute Gasteiger partial charge is 0.460 e. The maximum atomic E-state index is 11.6. The van der Waals surface area contributed by atoms with E-state index < -0.39 is 5.60 Å². The fourth-order valence-electron chi connectivity index (χ4n) is 1.50. The van der Waals surface area contributed by atoms with E-state index in [0.717, 1.165) is 12.8 Å². The third kappa shape index (κ3) is 4.45. The zero-order chi connectivity index (χ0) is 11.6. The molecule has 1 saturated carbocycles. The van der Waals surface area contributed by atoms with Gasteiger partial charge in [-0.05, 0) is 33.6 Å². The lowest BCUT2D eigenvalue weighted by molar-refractivity contribution is -0.157. The van der Waals surface area contributed by atoms with Crippen molar-refractivity contribution >= 4 is 11.8 Å². The highest BCUT2D eigenvalue weighted by atomic mass is 16.6. The van der Waals surface area contributed by atoms with Gasteiger partial charge in [0, 0.05) is 11.8 Å². The number of Topliss-reactive ketones (excluding diaryl/α,β-unsaturated/α-hetero) is 1. The van der Waals surface area contributed by atoms with E-state index in [2.05, 4.69) is 0 Å². The van der Waals surface area contributed by atoms with E-state index in [-0.39, 0.29) is 30.0 Å². The van der Waals surface area contributed by atoms with Crippen LogP contribution in [0.1, 0.15) is 47.0 Å². The Bertz CT molecular complexity index is 259. The van der Waals surface area contributed by atoms with Crippen molar-refractivity contribution in [2.45, 2.75) is 52.6 Å². The molecule has 0 aromatic heterocycles. The monoisotopic (exact) mass is 212 g/mol. The molecule has 0 saturated heterocycles. The average molecular weight is 212 g/mol. The Morgan fingerprint density at radius 3 is 2.27 bits per heavy atom. The summed E-state index contributed by atoms with van der Waals surface area (Å²) in [5, 5.41) is 0. The second-order valence-corrected chi connectivity index (χ2v) is 5.37. The van der Waals surface area contributed by atoms with Crippen LogP contribution in [0.15, 0.2) is 0 Å². The average Bonchev–Trinajstić information content (AvgIpc) is 2.80. The summed E-state index contributed by atoms with van der Waals surface area (Å²) < 4.78 is 5.17. The van der Waals surface area contributed by atoms with Gasteiger partial charge in [0.05, 0.1) is 6.42 Å². The lowest BCUT2D eigenvalue weighted by Crippen LogP contribution is -2.26. The van der Waals surface area contributed by atoms with Crippen molar-refractivity contribution in [2.75, 3.05) is 0 Å². The van der Waals surface area contributed by atoms with E-state index in [9.17, 15) is 9.59 Å². The fourth-order valence-corrected chi connectivity index (χ4v) is 1.50. The molecular formula is C12H20O3. The van der Waals surface area contributed by atoms with Crippen LogP contribution < -0.4 is 0 Å².